The predicted molar refractivity (Wildman–Crippen MR) is 117 cm³/mol. The van der Waals surface area contributed by atoms with Crippen LogP contribution in [0.5, 0.6) is 0 Å². The summed E-state index contributed by atoms with van der Waals surface area (Å²) in [6.45, 7) is 10.2. The fourth-order valence-corrected chi connectivity index (χ4v) is 8.94. The van der Waals surface area contributed by atoms with Crippen molar-refractivity contribution in [3.63, 3.8) is 0 Å². The standard InChI is InChI=1S/C27H38O3/c1-15-10-11-27(29-14-15)17(3)25-22(30-27)12-20-19-9-8-18-7-5-6-16(2)23(18)24(19)21(28)13-26(20,25)4/h5-7,15,17,19-22,24-25,28H,8-14H2,1-4H3/t15-,17+,19-,20+,21-,22+,24-,25+,26+,27+/m1/s1. The van der Waals surface area contributed by atoms with E-state index in [0.717, 1.165) is 32.3 Å². The van der Waals surface area contributed by atoms with Crippen molar-refractivity contribution < 1.29 is 14.6 Å². The van der Waals surface area contributed by atoms with Crippen molar-refractivity contribution in [3.8, 4) is 0 Å². The number of aryl methyl sites for hydroxylation is 2. The Morgan fingerprint density at radius 2 is 2.00 bits per heavy atom. The number of ether oxygens (including phenoxy) is 2. The van der Waals surface area contributed by atoms with Crippen molar-refractivity contribution in [2.24, 2.45) is 35.0 Å². The molecular weight excluding hydrogens is 372 g/mol. The van der Waals surface area contributed by atoms with Gasteiger partial charge in [-0.15, -0.1) is 0 Å². The van der Waals surface area contributed by atoms with E-state index in [1.165, 1.54) is 29.5 Å². The quantitative estimate of drug-likeness (QED) is 0.637. The van der Waals surface area contributed by atoms with E-state index in [0.29, 0.717) is 41.6 Å². The highest BCUT2D eigenvalue weighted by Gasteiger charge is 2.68. The Balaban J connectivity index is 1.34. The van der Waals surface area contributed by atoms with Gasteiger partial charge in [0.2, 0.25) is 0 Å². The van der Waals surface area contributed by atoms with Crippen LogP contribution < -0.4 is 0 Å². The maximum atomic E-state index is 11.6. The largest absolute Gasteiger partial charge is 0.392 e. The number of hydrogen-bond acceptors (Lipinski definition) is 3. The number of rotatable bonds is 0. The van der Waals surface area contributed by atoms with Gasteiger partial charge in [0.15, 0.2) is 5.79 Å². The summed E-state index contributed by atoms with van der Waals surface area (Å²) in [7, 11) is 0. The van der Waals surface area contributed by atoms with E-state index in [1.54, 1.807) is 0 Å². The van der Waals surface area contributed by atoms with E-state index in [-0.39, 0.29) is 17.3 Å². The lowest BCUT2D eigenvalue weighted by atomic mass is 9.51. The molecule has 10 atom stereocenters. The number of aliphatic hydroxyl groups excluding tert-OH is 1. The highest BCUT2D eigenvalue weighted by molar-refractivity contribution is 5.42. The van der Waals surface area contributed by atoms with Gasteiger partial charge in [0.05, 0.1) is 18.8 Å². The monoisotopic (exact) mass is 410 g/mol. The van der Waals surface area contributed by atoms with Gasteiger partial charge in [-0.3, -0.25) is 0 Å². The van der Waals surface area contributed by atoms with E-state index in [9.17, 15) is 5.11 Å². The molecule has 1 spiro atoms. The fourth-order valence-electron chi connectivity index (χ4n) is 8.94. The summed E-state index contributed by atoms with van der Waals surface area (Å²) in [5.41, 5.74) is 4.47. The second-order valence-corrected chi connectivity index (χ2v) is 11.7. The third-order valence-electron chi connectivity index (χ3n) is 10.2. The molecule has 0 radical (unpaired) electrons. The van der Waals surface area contributed by atoms with Crippen molar-refractivity contribution in [1.82, 2.24) is 0 Å². The lowest BCUT2D eigenvalue weighted by molar-refractivity contribution is -0.272. The third kappa shape index (κ3) is 2.49. The van der Waals surface area contributed by atoms with Crippen LogP contribution in [0, 0.1) is 41.9 Å². The first-order valence-corrected chi connectivity index (χ1v) is 12.4. The molecule has 6 rings (SSSR count). The van der Waals surface area contributed by atoms with Gasteiger partial charge < -0.3 is 14.6 Å². The van der Waals surface area contributed by atoms with Gasteiger partial charge in [0.1, 0.15) is 0 Å². The topological polar surface area (TPSA) is 38.7 Å². The molecule has 30 heavy (non-hydrogen) atoms. The molecule has 2 heterocycles. The minimum absolute atomic E-state index is 0.154. The Morgan fingerprint density at radius 1 is 1.17 bits per heavy atom. The first-order valence-electron chi connectivity index (χ1n) is 12.4. The molecule has 0 aromatic heterocycles. The molecule has 1 aromatic rings. The van der Waals surface area contributed by atoms with Crippen molar-refractivity contribution in [3.05, 3.63) is 34.9 Å². The van der Waals surface area contributed by atoms with Crippen LogP contribution in [0.3, 0.4) is 0 Å². The van der Waals surface area contributed by atoms with Gasteiger partial charge in [-0.25, -0.2) is 0 Å². The molecule has 3 heteroatoms. The first kappa shape index (κ1) is 19.8. The molecule has 2 aliphatic heterocycles. The van der Waals surface area contributed by atoms with Crippen LogP contribution >= 0.6 is 0 Å². The summed E-state index contributed by atoms with van der Waals surface area (Å²) >= 11 is 0. The Morgan fingerprint density at radius 3 is 2.77 bits per heavy atom. The van der Waals surface area contributed by atoms with Crippen molar-refractivity contribution in [2.45, 2.75) is 90.1 Å². The van der Waals surface area contributed by atoms with E-state index in [4.69, 9.17) is 9.47 Å². The average Bonchev–Trinajstić information content (AvgIpc) is 3.15. The molecule has 3 aliphatic carbocycles. The molecule has 1 aromatic carbocycles. The van der Waals surface area contributed by atoms with E-state index in [1.807, 2.05) is 0 Å². The van der Waals surface area contributed by atoms with E-state index >= 15 is 0 Å². The Hall–Kier alpha value is -0.900. The number of fused-ring (bicyclic) bond motifs is 7. The molecule has 164 valence electrons. The van der Waals surface area contributed by atoms with Crippen LogP contribution in [0.2, 0.25) is 0 Å². The molecule has 0 bridgehead atoms. The number of benzene rings is 1. The highest BCUT2D eigenvalue weighted by atomic mass is 16.7. The zero-order valence-corrected chi connectivity index (χ0v) is 19.1. The van der Waals surface area contributed by atoms with E-state index in [2.05, 4.69) is 45.9 Å². The summed E-state index contributed by atoms with van der Waals surface area (Å²) in [5, 5.41) is 11.6. The Labute approximate surface area is 181 Å². The van der Waals surface area contributed by atoms with Crippen LogP contribution in [0.1, 0.15) is 75.5 Å². The SMILES string of the molecule is Cc1cccc2c1[C@@H]1[C@H](CC2)[C@@H]2C[C@@H]3O[C@@]4(CC[C@@H](C)CO4)[C@@H](C)[C@@H]3[C@@]2(C)C[C@H]1O. The minimum Gasteiger partial charge on any atom is -0.392 e. The smallest absolute Gasteiger partial charge is 0.171 e. The predicted octanol–water partition coefficient (Wildman–Crippen LogP) is 5.23. The lowest BCUT2D eigenvalue weighted by Crippen LogP contribution is -2.52. The molecule has 4 fully saturated rings. The molecule has 1 N–H and O–H groups in total. The number of aliphatic hydroxyl groups is 1. The average molecular weight is 411 g/mol. The molecule has 0 unspecified atom stereocenters. The van der Waals surface area contributed by atoms with Crippen molar-refractivity contribution in [2.75, 3.05) is 6.61 Å². The van der Waals surface area contributed by atoms with Gasteiger partial charge in [-0.1, -0.05) is 39.0 Å². The van der Waals surface area contributed by atoms with Gasteiger partial charge in [0.25, 0.3) is 0 Å². The summed E-state index contributed by atoms with van der Waals surface area (Å²) in [6.07, 6.45) is 6.73. The van der Waals surface area contributed by atoms with Gasteiger partial charge >= 0.3 is 0 Å². The zero-order chi connectivity index (χ0) is 20.8. The summed E-state index contributed by atoms with van der Waals surface area (Å²) in [5.74, 6) is 2.72. The van der Waals surface area contributed by atoms with E-state index < -0.39 is 0 Å². The maximum Gasteiger partial charge on any atom is 0.171 e. The van der Waals surface area contributed by atoms with Crippen LogP contribution in [0.15, 0.2) is 18.2 Å². The third-order valence-corrected chi connectivity index (χ3v) is 10.2. The molecule has 3 nitrogen and oxygen atoms in total. The second-order valence-electron chi connectivity index (χ2n) is 11.7. The zero-order valence-electron chi connectivity index (χ0n) is 19.1. The van der Waals surface area contributed by atoms with Gasteiger partial charge in [-0.05, 0) is 84.8 Å². The summed E-state index contributed by atoms with van der Waals surface area (Å²) < 4.78 is 13.3. The minimum atomic E-state index is -0.368. The summed E-state index contributed by atoms with van der Waals surface area (Å²) in [4.78, 5) is 0. The van der Waals surface area contributed by atoms with Crippen LogP contribution in [-0.4, -0.2) is 29.7 Å². The molecule has 2 saturated heterocycles. The summed E-state index contributed by atoms with van der Waals surface area (Å²) in [6, 6.07) is 6.72. The Bertz CT molecular complexity index is 841. The molecule has 0 amide bonds. The first-order chi connectivity index (χ1) is 14.3. The van der Waals surface area contributed by atoms with Gasteiger partial charge in [0, 0.05) is 18.3 Å². The fraction of sp³-hybridized carbons (Fsp3) is 0.778. The van der Waals surface area contributed by atoms with Crippen LogP contribution in [0.25, 0.3) is 0 Å². The normalized spacial score (nSPS) is 51.9. The van der Waals surface area contributed by atoms with Crippen molar-refractivity contribution in [1.29, 1.82) is 0 Å². The molecular formula is C27H38O3. The number of hydrogen-bond donors (Lipinski definition) is 1. The Kier molecular flexibility index (Phi) is 4.32. The van der Waals surface area contributed by atoms with Crippen molar-refractivity contribution >= 4 is 0 Å². The lowest BCUT2D eigenvalue weighted by Gasteiger charge is -2.54. The van der Waals surface area contributed by atoms with Crippen LogP contribution in [0.4, 0.5) is 0 Å². The second kappa shape index (κ2) is 6.56. The highest BCUT2D eigenvalue weighted by Crippen LogP contribution is 2.69. The molecule has 5 aliphatic rings. The molecule has 2 saturated carbocycles. The maximum absolute atomic E-state index is 11.6. The van der Waals surface area contributed by atoms with Gasteiger partial charge in [-0.2, -0.15) is 0 Å². The van der Waals surface area contributed by atoms with Crippen LogP contribution in [-0.2, 0) is 15.9 Å².